The van der Waals surface area contributed by atoms with E-state index in [1.165, 1.54) is 12.1 Å². The van der Waals surface area contributed by atoms with E-state index in [2.05, 4.69) is 40.0 Å². The molecule has 0 aliphatic heterocycles. The van der Waals surface area contributed by atoms with E-state index in [1.54, 1.807) is 0 Å². The van der Waals surface area contributed by atoms with Crippen molar-refractivity contribution in [2.75, 3.05) is 12.5 Å². The summed E-state index contributed by atoms with van der Waals surface area (Å²) in [6.45, 7) is 17.4. The second-order valence-electron chi connectivity index (χ2n) is 10.4. The molecule has 0 N–H and O–H groups in total. The molecule has 0 aromatic rings. The Morgan fingerprint density at radius 2 is 1.00 bits per heavy atom. The second kappa shape index (κ2) is 8.07. The van der Waals surface area contributed by atoms with Crippen LogP contribution in [0.4, 0.5) is 0 Å². The molecule has 0 aromatic carbocycles. The largest absolute Gasteiger partial charge is 0.264 e. The lowest BCUT2D eigenvalue weighted by Crippen LogP contribution is -2.30. The Kier molecular flexibility index (Phi) is 7.57. The van der Waals surface area contributed by atoms with Crippen LogP contribution in [0.2, 0.25) is 49.4 Å². The fourth-order valence-electron chi connectivity index (χ4n) is 4.27. The maximum atomic E-state index is 11.0. The molecule has 0 bridgehead atoms. The normalized spacial score (nSPS) is 33.1. The fraction of sp³-hybridized carbons (Fsp3) is 1.00. The zero-order valence-electron chi connectivity index (χ0n) is 19.2. The Balaban J connectivity index is 0.000000280. The Hall–Kier alpha value is 0.254. The molecule has 2 aliphatic carbocycles. The summed E-state index contributed by atoms with van der Waals surface area (Å²) in [5.74, 6) is 0. The van der Waals surface area contributed by atoms with Gasteiger partial charge in [0.25, 0.3) is 20.2 Å². The molecule has 0 radical (unpaired) electrons. The molecule has 6 nitrogen and oxygen atoms in total. The molecule has 10 heteroatoms. The van der Waals surface area contributed by atoms with Gasteiger partial charge in [-0.2, -0.15) is 16.8 Å². The van der Waals surface area contributed by atoms with Crippen LogP contribution < -0.4 is 0 Å². The average Bonchev–Trinajstić information content (AvgIpc) is 3.32. The van der Waals surface area contributed by atoms with Crippen LogP contribution in [0.5, 0.6) is 0 Å². The van der Waals surface area contributed by atoms with Crippen molar-refractivity contribution in [2.45, 2.75) is 101 Å². The minimum Gasteiger partial charge on any atom is -0.264 e. The van der Waals surface area contributed by atoms with Gasteiger partial charge >= 0.3 is 0 Å². The summed E-state index contributed by atoms with van der Waals surface area (Å²) >= 11 is 0. The van der Waals surface area contributed by atoms with Gasteiger partial charge in [0.05, 0.1) is 39.9 Å². The van der Waals surface area contributed by atoms with Crippen LogP contribution in [0.25, 0.3) is 0 Å². The summed E-state index contributed by atoms with van der Waals surface area (Å²) in [6, 6.07) is 2.36. The predicted octanol–water partition coefficient (Wildman–Crippen LogP) is 4.45. The Labute approximate surface area is 175 Å². The van der Waals surface area contributed by atoms with Gasteiger partial charge < -0.3 is 0 Å². The van der Waals surface area contributed by atoms with Crippen LogP contribution in [0.15, 0.2) is 0 Å². The molecule has 4 atom stereocenters. The quantitative estimate of drug-likeness (QED) is 0.383. The number of hydrogen-bond acceptors (Lipinski definition) is 6. The maximum absolute atomic E-state index is 11.0. The van der Waals surface area contributed by atoms with Gasteiger partial charge in [-0.15, -0.1) is 0 Å². The lowest BCUT2D eigenvalue weighted by molar-refractivity contribution is 0.208. The number of rotatable bonds is 8. The van der Waals surface area contributed by atoms with Gasteiger partial charge in [0.2, 0.25) is 0 Å². The minimum absolute atomic E-state index is 0.390. The molecule has 0 spiro atoms. The molecule has 2 saturated carbocycles. The van der Waals surface area contributed by atoms with Gasteiger partial charge in [-0.3, -0.25) is 8.37 Å². The van der Waals surface area contributed by atoms with E-state index in [9.17, 15) is 16.8 Å². The first-order valence-corrected chi connectivity index (χ1v) is 20.2. The predicted molar refractivity (Wildman–Crippen MR) is 121 cm³/mol. The van der Waals surface area contributed by atoms with Crippen LogP contribution in [0, 0.1) is 0 Å². The van der Waals surface area contributed by atoms with Crippen molar-refractivity contribution in [3.8, 4) is 0 Å². The summed E-state index contributed by atoms with van der Waals surface area (Å²) in [5, 5.41) is 0. The fourth-order valence-corrected chi connectivity index (χ4v) is 12.5. The van der Waals surface area contributed by atoms with Gasteiger partial charge in [0, 0.05) is 0 Å². The zero-order valence-corrected chi connectivity index (χ0v) is 22.9. The van der Waals surface area contributed by atoms with E-state index in [4.69, 9.17) is 8.37 Å². The lowest BCUT2D eigenvalue weighted by atomic mass is 10.4. The van der Waals surface area contributed by atoms with Crippen LogP contribution in [-0.4, -0.2) is 56.7 Å². The highest BCUT2D eigenvalue weighted by molar-refractivity contribution is 7.86. The van der Waals surface area contributed by atoms with Gasteiger partial charge in [-0.1, -0.05) is 52.1 Å². The molecule has 168 valence electrons. The summed E-state index contributed by atoms with van der Waals surface area (Å²) in [5.41, 5.74) is 0.211. The van der Waals surface area contributed by atoms with E-state index >= 15 is 0 Å². The van der Waals surface area contributed by atoms with E-state index in [0.29, 0.717) is 11.1 Å². The highest BCUT2D eigenvalue weighted by Crippen LogP contribution is 2.59. The summed E-state index contributed by atoms with van der Waals surface area (Å²) in [7, 11) is -9.13. The van der Waals surface area contributed by atoms with Crippen molar-refractivity contribution in [3.05, 3.63) is 0 Å². The Bertz CT molecular complexity index is 712. The molecule has 0 heterocycles. The molecule has 2 rings (SSSR count). The molecule has 0 amide bonds. The van der Waals surface area contributed by atoms with Gasteiger partial charge in [-0.05, 0) is 37.8 Å². The summed E-state index contributed by atoms with van der Waals surface area (Å²) in [6.07, 6.45) is 4.09. The number of hydrogen-bond donors (Lipinski definition) is 0. The Morgan fingerprint density at radius 1 is 0.750 bits per heavy atom. The highest BCUT2D eigenvalue weighted by Gasteiger charge is 2.61. The summed E-state index contributed by atoms with van der Waals surface area (Å²) < 4.78 is 54.5. The second-order valence-corrected chi connectivity index (χ2v) is 24.3. The summed E-state index contributed by atoms with van der Waals surface area (Å²) in [4.78, 5) is 0. The Morgan fingerprint density at radius 3 is 1.18 bits per heavy atom. The van der Waals surface area contributed by atoms with E-state index in [-0.39, 0.29) is 11.2 Å². The molecule has 2 fully saturated rings. The van der Waals surface area contributed by atoms with Crippen molar-refractivity contribution in [2.24, 2.45) is 0 Å². The molecule has 2 aliphatic rings. The van der Waals surface area contributed by atoms with Crippen LogP contribution in [-0.2, 0) is 28.6 Å². The smallest absolute Gasteiger partial charge is 0.264 e. The molecule has 28 heavy (non-hydrogen) atoms. The molecule has 4 unspecified atom stereocenters. The van der Waals surface area contributed by atoms with Crippen LogP contribution in [0.3, 0.4) is 0 Å². The van der Waals surface area contributed by atoms with Crippen LogP contribution >= 0.6 is 0 Å². The molecule has 0 saturated heterocycles. The van der Waals surface area contributed by atoms with Crippen molar-refractivity contribution in [1.29, 1.82) is 0 Å². The first-order valence-electron chi connectivity index (χ1n) is 10.0. The first-order chi connectivity index (χ1) is 12.2. The van der Waals surface area contributed by atoms with Crippen molar-refractivity contribution in [1.82, 2.24) is 0 Å². The van der Waals surface area contributed by atoms with Gasteiger partial charge in [0.1, 0.15) is 0 Å². The van der Waals surface area contributed by atoms with Crippen LogP contribution in [0.1, 0.15) is 40.5 Å². The lowest BCUT2D eigenvalue weighted by Gasteiger charge is -2.23. The maximum Gasteiger partial charge on any atom is 0.264 e. The highest BCUT2D eigenvalue weighted by atomic mass is 32.2. The van der Waals surface area contributed by atoms with Gasteiger partial charge in [-0.25, -0.2) is 0 Å². The third-order valence-electron chi connectivity index (χ3n) is 6.77. The van der Waals surface area contributed by atoms with E-state index in [0.717, 1.165) is 25.4 Å². The SMILES string of the molecule is CC[Si](C)(C)C1CC1(C)OS(C)(=O)=O.CC[Si](C)(C)C1CC1(C)OS(C)(=O)=O. The molecule has 0 aromatic heterocycles. The molecular weight excluding hydrogens is 432 g/mol. The van der Waals surface area contributed by atoms with Crippen molar-refractivity contribution < 1.29 is 25.2 Å². The standard InChI is InChI=1S/2C9H20O3SSi/c2*1-6-14(4,5)8-7-9(8,2)12-13(3,10)11/h2*8H,6-7H2,1-5H3. The van der Waals surface area contributed by atoms with E-state index in [1.807, 2.05) is 13.8 Å². The van der Waals surface area contributed by atoms with E-state index < -0.39 is 36.4 Å². The monoisotopic (exact) mass is 472 g/mol. The minimum atomic E-state index is -3.30. The van der Waals surface area contributed by atoms with Crippen molar-refractivity contribution >= 4 is 36.4 Å². The van der Waals surface area contributed by atoms with Gasteiger partial charge in [0.15, 0.2) is 0 Å². The third kappa shape index (κ3) is 7.19. The third-order valence-corrected chi connectivity index (χ3v) is 17.2. The average molecular weight is 473 g/mol. The van der Waals surface area contributed by atoms with Crippen molar-refractivity contribution in [3.63, 3.8) is 0 Å². The first kappa shape index (κ1) is 26.3. The topological polar surface area (TPSA) is 86.7 Å². The zero-order chi connectivity index (χ0) is 22.4. The molecular formula is C18H40O6S2Si2.